The van der Waals surface area contributed by atoms with Crippen LogP contribution in [0.15, 0.2) is 54.6 Å². The summed E-state index contributed by atoms with van der Waals surface area (Å²) in [4.78, 5) is 12.6. The minimum absolute atomic E-state index is 0.238. The van der Waals surface area contributed by atoms with Gasteiger partial charge in [0.25, 0.3) is 5.91 Å². The Hall–Kier alpha value is -2.95. The summed E-state index contributed by atoms with van der Waals surface area (Å²) < 4.78 is 1.72. The van der Waals surface area contributed by atoms with E-state index in [1.807, 2.05) is 68.4 Å². The Kier molecular flexibility index (Phi) is 4.19. The molecule has 0 saturated heterocycles. The van der Waals surface area contributed by atoms with Crippen molar-refractivity contribution < 1.29 is 4.79 Å². The van der Waals surface area contributed by atoms with E-state index in [1.165, 1.54) is 0 Å². The molecule has 0 unspecified atom stereocenters. The molecular weight excluding hydrogens is 288 g/mol. The van der Waals surface area contributed by atoms with E-state index in [-0.39, 0.29) is 5.91 Å². The van der Waals surface area contributed by atoms with Crippen LogP contribution in [0.3, 0.4) is 0 Å². The first-order valence-electron chi connectivity index (χ1n) is 7.57. The maximum atomic E-state index is 12.6. The van der Waals surface area contributed by atoms with E-state index in [0.29, 0.717) is 12.1 Å². The van der Waals surface area contributed by atoms with Gasteiger partial charge in [-0.2, -0.15) is 0 Å². The van der Waals surface area contributed by atoms with Gasteiger partial charge in [0.1, 0.15) is 0 Å². The fourth-order valence-electron chi connectivity index (χ4n) is 2.47. The topological polar surface area (TPSA) is 59.8 Å². The Morgan fingerprint density at radius 3 is 2.48 bits per heavy atom. The molecule has 0 spiro atoms. The third kappa shape index (κ3) is 2.99. The fourth-order valence-corrected chi connectivity index (χ4v) is 2.47. The number of nitrogens with one attached hydrogen (secondary N) is 1. The van der Waals surface area contributed by atoms with Gasteiger partial charge in [-0.1, -0.05) is 48.5 Å². The van der Waals surface area contributed by atoms with Crippen molar-refractivity contribution in [3.8, 4) is 5.69 Å². The molecule has 0 atom stereocenters. The predicted octanol–water partition coefficient (Wildman–Crippen LogP) is 3.39. The minimum atomic E-state index is -0.238. The average molecular weight is 306 g/mol. The summed E-state index contributed by atoms with van der Waals surface area (Å²) in [7, 11) is 0. The largest absolute Gasteiger partial charge is 0.320 e. The molecule has 116 valence electrons. The average Bonchev–Trinajstić information content (AvgIpc) is 3.02. The smallest absolute Gasteiger partial charge is 0.278 e. The van der Waals surface area contributed by atoms with Crippen LogP contribution in [0.4, 0.5) is 5.69 Å². The highest BCUT2D eigenvalue weighted by Gasteiger charge is 2.19. The van der Waals surface area contributed by atoms with Crippen LogP contribution in [0.5, 0.6) is 0 Å². The van der Waals surface area contributed by atoms with Gasteiger partial charge in [0.05, 0.1) is 11.4 Å². The summed E-state index contributed by atoms with van der Waals surface area (Å²) in [5, 5.41) is 11.1. The fraction of sp³-hybridized carbons (Fsp3) is 0.167. The molecule has 0 aliphatic carbocycles. The van der Waals surface area contributed by atoms with Crippen LogP contribution >= 0.6 is 0 Å². The number of carbonyl (C=O) groups excluding carboxylic acids is 1. The maximum absolute atomic E-state index is 12.6. The predicted molar refractivity (Wildman–Crippen MR) is 89.9 cm³/mol. The lowest BCUT2D eigenvalue weighted by atomic mass is 10.2. The molecule has 3 rings (SSSR count). The van der Waals surface area contributed by atoms with Crippen LogP contribution in [-0.2, 0) is 6.42 Å². The van der Waals surface area contributed by atoms with Gasteiger partial charge in [-0.15, -0.1) is 5.10 Å². The van der Waals surface area contributed by atoms with Crippen LogP contribution in [0.2, 0.25) is 0 Å². The monoisotopic (exact) mass is 306 g/mol. The van der Waals surface area contributed by atoms with E-state index in [9.17, 15) is 4.79 Å². The maximum Gasteiger partial charge on any atom is 0.278 e. The number of aryl methyl sites for hydroxylation is 1. The van der Waals surface area contributed by atoms with Crippen molar-refractivity contribution in [2.75, 3.05) is 5.32 Å². The molecule has 1 aromatic heterocycles. The van der Waals surface area contributed by atoms with Gasteiger partial charge in [0.15, 0.2) is 5.69 Å². The summed E-state index contributed by atoms with van der Waals surface area (Å²) in [5.74, 6) is -0.238. The molecule has 5 nitrogen and oxygen atoms in total. The van der Waals surface area contributed by atoms with Gasteiger partial charge in [-0.05, 0) is 37.1 Å². The first-order valence-corrected chi connectivity index (χ1v) is 7.57. The molecule has 0 radical (unpaired) electrons. The van der Waals surface area contributed by atoms with Gasteiger partial charge in [0, 0.05) is 5.69 Å². The third-order valence-corrected chi connectivity index (χ3v) is 3.71. The molecule has 0 aliphatic rings. The summed E-state index contributed by atoms with van der Waals surface area (Å²) in [5.41, 5.74) is 3.84. The van der Waals surface area contributed by atoms with Crippen molar-refractivity contribution in [3.63, 3.8) is 0 Å². The number of para-hydroxylation sites is 2. The summed E-state index contributed by atoms with van der Waals surface area (Å²) >= 11 is 0. The number of nitrogens with zero attached hydrogens (tertiary/aromatic N) is 3. The summed E-state index contributed by atoms with van der Waals surface area (Å²) in [6.45, 7) is 3.94. The zero-order valence-corrected chi connectivity index (χ0v) is 13.2. The zero-order chi connectivity index (χ0) is 16.2. The molecule has 2 aromatic carbocycles. The van der Waals surface area contributed by atoms with Crippen LogP contribution in [0.25, 0.3) is 5.69 Å². The first kappa shape index (κ1) is 15.0. The standard InChI is InChI=1S/C18H18N4O/c1-3-16-17(18(23)19-15-12-8-7-9-13(15)2)20-21-22(16)14-10-5-4-6-11-14/h4-12H,3H2,1-2H3,(H,19,23). The van der Waals surface area contributed by atoms with E-state index >= 15 is 0 Å². The number of amides is 1. The van der Waals surface area contributed by atoms with Gasteiger partial charge < -0.3 is 5.32 Å². The van der Waals surface area contributed by atoms with Gasteiger partial charge in [-0.25, -0.2) is 4.68 Å². The van der Waals surface area contributed by atoms with Crippen LogP contribution in [-0.4, -0.2) is 20.9 Å². The minimum Gasteiger partial charge on any atom is -0.320 e. The first-order chi connectivity index (χ1) is 11.2. The van der Waals surface area contributed by atoms with E-state index in [4.69, 9.17) is 0 Å². The third-order valence-electron chi connectivity index (χ3n) is 3.71. The Labute approximate surface area is 135 Å². The van der Waals surface area contributed by atoms with Gasteiger partial charge in [0.2, 0.25) is 0 Å². The highest BCUT2D eigenvalue weighted by atomic mass is 16.2. The van der Waals surface area contributed by atoms with Crippen molar-refractivity contribution >= 4 is 11.6 Å². The van der Waals surface area contributed by atoms with Crippen LogP contribution < -0.4 is 5.32 Å². The number of carbonyl (C=O) groups is 1. The quantitative estimate of drug-likeness (QED) is 0.803. The molecule has 3 aromatic rings. The van der Waals surface area contributed by atoms with E-state index in [1.54, 1.807) is 4.68 Å². The van der Waals surface area contributed by atoms with Gasteiger partial charge in [-0.3, -0.25) is 4.79 Å². The second-order valence-corrected chi connectivity index (χ2v) is 5.25. The van der Waals surface area contributed by atoms with Crippen molar-refractivity contribution in [1.29, 1.82) is 0 Å². The number of hydrogen-bond acceptors (Lipinski definition) is 3. The van der Waals surface area contributed by atoms with E-state index in [0.717, 1.165) is 22.6 Å². The molecule has 1 amide bonds. The Morgan fingerprint density at radius 2 is 1.78 bits per heavy atom. The molecule has 5 heteroatoms. The highest BCUT2D eigenvalue weighted by molar-refractivity contribution is 6.04. The van der Waals surface area contributed by atoms with Crippen molar-refractivity contribution in [2.45, 2.75) is 20.3 Å². The number of anilines is 1. The molecule has 23 heavy (non-hydrogen) atoms. The molecule has 0 fully saturated rings. The van der Waals surface area contributed by atoms with Crippen molar-refractivity contribution in [1.82, 2.24) is 15.0 Å². The number of hydrogen-bond donors (Lipinski definition) is 1. The van der Waals surface area contributed by atoms with E-state index in [2.05, 4.69) is 15.6 Å². The van der Waals surface area contributed by atoms with Crippen molar-refractivity contribution in [2.24, 2.45) is 0 Å². The second-order valence-electron chi connectivity index (χ2n) is 5.25. The van der Waals surface area contributed by atoms with E-state index < -0.39 is 0 Å². The Morgan fingerprint density at radius 1 is 1.09 bits per heavy atom. The molecular formula is C18H18N4O. The normalized spacial score (nSPS) is 10.5. The molecule has 1 heterocycles. The van der Waals surface area contributed by atoms with Crippen LogP contribution in [0, 0.1) is 6.92 Å². The number of rotatable bonds is 4. The lowest BCUT2D eigenvalue weighted by Gasteiger charge is -2.08. The Bertz CT molecular complexity index is 824. The second kappa shape index (κ2) is 6.44. The number of aromatic nitrogens is 3. The lowest BCUT2D eigenvalue weighted by Crippen LogP contribution is -2.16. The number of benzene rings is 2. The highest BCUT2D eigenvalue weighted by Crippen LogP contribution is 2.17. The van der Waals surface area contributed by atoms with Crippen molar-refractivity contribution in [3.05, 3.63) is 71.5 Å². The molecule has 0 bridgehead atoms. The Balaban J connectivity index is 1.93. The molecule has 0 aliphatic heterocycles. The van der Waals surface area contributed by atoms with Gasteiger partial charge >= 0.3 is 0 Å². The molecule has 0 saturated carbocycles. The SMILES string of the molecule is CCc1c(C(=O)Nc2ccccc2C)nnn1-c1ccccc1. The summed E-state index contributed by atoms with van der Waals surface area (Å²) in [6, 6.07) is 17.4. The zero-order valence-electron chi connectivity index (χ0n) is 13.2. The lowest BCUT2D eigenvalue weighted by molar-refractivity contribution is 0.102. The summed E-state index contributed by atoms with van der Waals surface area (Å²) in [6.07, 6.45) is 0.665. The molecule has 1 N–H and O–H groups in total. The van der Waals surface area contributed by atoms with Crippen LogP contribution in [0.1, 0.15) is 28.7 Å².